The van der Waals surface area contributed by atoms with Crippen LogP contribution in [-0.2, 0) is 16.4 Å². The van der Waals surface area contributed by atoms with Crippen molar-refractivity contribution in [3.05, 3.63) is 53.6 Å². The van der Waals surface area contributed by atoms with Gasteiger partial charge in [-0.1, -0.05) is 24.3 Å². The topological polar surface area (TPSA) is 73.5 Å². The van der Waals surface area contributed by atoms with E-state index in [1.165, 1.54) is 6.07 Å². The molecule has 1 aromatic rings. The van der Waals surface area contributed by atoms with Crippen LogP contribution in [0.25, 0.3) is 0 Å². The van der Waals surface area contributed by atoms with E-state index in [9.17, 15) is 21.6 Å². The second-order valence-corrected chi connectivity index (χ2v) is 11.4. The lowest BCUT2D eigenvalue weighted by molar-refractivity contribution is -0.137. The van der Waals surface area contributed by atoms with Crippen molar-refractivity contribution >= 4 is 15.9 Å². The number of fused-ring (bicyclic) bond motifs is 3. The Morgan fingerprint density at radius 1 is 1.15 bits per heavy atom. The monoisotopic (exact) mass is 498 g/mol. The summed E-state index contributed by atoms with van der Waals surface area (Å²) in [5.41, 5.74) is 0.814. The molecule has 0 bridgehead atoms. The second-order valence-electron chi connectivity index (χ2n) is 9.84. The Kier molecular flexibility index (Phi) is 7.42. The number of allylic oxidation sites excluding steroid dienone is 3. The minimum Gasteiger partial charge on any atom is -0.381 e. The molecule has 4 rings (SSSR count). The van der Waals surface area contributed by atoms with Gasteiger partial charge in [0.05, 0.1) is 5.56 Å². The normalized spacial score (nSPS) is 28.6. The Morgan fingerprint density at radius 3 is 2.62 bits per heavy atom. The molecule has 0 saturated heterocycles. The summed E-state index contributed by atoms with van der Waals surface area (Å²) < 4.78 is 70.2. The first-order chi connectivity index (χ1) is 16.0. The number of anilines is 1. The molecule has 1 aromatic carbocycles. The van der Waals surface area contributed by atoms with Gasteiger partial charge in [0, 0.05) is 37.3 Å². The Morgan fingerprint density at radius 2 is 1.94 bits per heavy atom. The SMILES string of the molecule is CN(C)CCNS(=O)(=O)NC[C@@H]1C[C@@H]2[C@H](C1)c1cc(C(F)(F)F)ccc1N[C@H]2C1C=CC=CC1. The minimum absolute atomic E-state index is 0.0425. The number of rotatable bonds is 8. The summed E-state index contributed by atoms with van der Waals surface area (Å²) in [5, 5.41) is 3.54. The zero-order valence-corrected chi connectivity index (χ0v) is 20.3. The Hall–Kier alpha value is -1.88. The molecule has 0 spiro atoms. The molecule has 0 aromatic heterocycles. The zero-order valence-electron chi connectivity index (χ0n) is 19.5. The average molecular weight is 499 g/mol. The summed E-state index contributed by atoms with van der Waals surface area (Å²) in [5.74, 6) is 0.386. The van der Waals surface area contributed by atoms with Gasteiger partial charge in [-0.05, 0) is 74.9 Å². The van der Waals surface area contributed by atoms with Crippen LogP contribution in [0.4, 0.5) is 18.9 Å². The van der Waals surface area contributed by atoms with Gasteiger partial charge >= 0.3 is 6.18 Å². The van der Waals surface area contributed by atoms with E-state index >= 15 is 0 Å². The van der Waals surface area contributed by atoms with Crippen LogP contribution in [0.1, 0.15) is 36.3 Å². The highest BCUT2D eigenvalue weighted by Crippen LogP contribution is 2.53. The summed E-state index contributed by atoms with van der Waals surface area (Å²) in [6.07, 6.45) is 6.20. The van der Waals surface area contributed by atoms with Crippen molar-refractivity contribution in [1.29, 1.82) is 0 Å². The molecule has 0 amide bonds. The van der Waals surface area contributed by atoms with Gasteiger partial charge in [0.25, 0.3) is 10.2 Å². The molecule has 0 radical (unpaired) electrons. The van der Waals surface area contributed by atoms with E-state index in [0.29, 0.717) is 25.1 Å². The standard InChI is InChI=1S/C24H33F3N4O2S/c1-31(2)11-10-28-34(32,33)29-15-16-12-19-20-14-18(24(25,26)27)8-9-22(20)30-23(21(19)13-16)17-6-4-3-5-7-17/h3-6,8-9,14,16-17,19,21,23,28-30H,7,10-13,15H2,1-2H3/t16-,17?,19+,21+,23-/m0/s1. The largest absolute Gasteiger partial charge is 0.416 e. The van der Waals surface area contributed by atoms with E-state index in [1.54, 1.807) is 6.07 Å². The third-order valence-corrected chi connectivity index (χ3v) is 8.29. The fraction of sp³-hybridized carbons (Fsp3) is 0.583. The fourth-order valence-electron chi connectivity index (χ4n) is 5.54. The maximum Gasteiger partial charge on any atom is 0.416 e. The van der Waals surface area contributed by atoms with Gasteiger partial charge in [-0.3, -0.25) is 0 Å². The van der Waals surface area contributed by atoms with Crippen LogP contribution in [0.2, 0.25) is 0 Å². The summed E-state index contributed by atoms with van der Waals surface area (Å²) in [4.78, 5) is 1.89. The fourth-order valence-corrected chi connectivity index (χ4v) is 6.45. The summed E-state index contributed by atoms with van der Waals surface area (Å²) >= 11 is 0. The van der Waals surface area contributed by atoms with E-state index in [-0.39, 0.29) is 36.3 Å². The Labute approximate surface area is 199 Å². The number of likely N-dealkylation sites (N-methyl/N-ethyl adjacent to an activating group) is 1. The van der Waals surface area contributed by atoms with Gasteiger partial charge in [-0.25, -0.2) is 9.44 Å². The van der Waals surface area contributed by atoms with Gasteiger partial charge in [0.1, 0.15) is 0 Å². The van der Waals surface area contributed by atoms with Gasteiger partial charge in [0.2, 0.25) is 0 Å². The Bertz CT molecular complexity index is 1040. The molecule has 188 valence electrons. The van der Waals surface area contributed by atoms with Crippen molar-refractivity contribution < 1.29 is 21.6 Å². The molecule has 1 saturated carbocycles. The third kappa shape index (κ3) is 5.84. The molecule has 5 atom stereocenters. The minimum atomic E-state index is -4.40. The maximum atomic E-state index is 13.4. The van der Waals surface area contributed by atoms with Crippen LogP contribution in [-0.4, -0.2) is 53.1 Å². The van der Waals surface area contributed by atoms with Crippen molar-refractivity contribution in [2.75, 3.05) is 39.0 Å². The zero-order chi connectivity index (χ0) is 24.5. The van der Waals surface area contributed by atoms with Crippen molar-refractivity contribution in [2.24, 2.45) is 17.8 Å². The van der Waals surface area contributed by atoms with Crippen LogP contribution in [0.3, 0.4) is 0 Å². The lowest BCUT2D eigenvalue weighted by Crippen LogP contribution is -2.42. The van der Waals surface area contributed by atoms with Gasteiger partial charge in [-0.15, -0.1) is 0 Å². The number of nitrogens with zero attached hydrogens (tertiary/aromatic N) is 1. The summed E-state index contributed by atoms with van der Waals surface area (Å²) in [6.45, 7) is 1.16. The van der Waals surface area contributed by atoms with E-state index in [2.05, 4.69) is 26.9 Å². The van der Waals surface area contributed by atoms with Crippen molar-refractivity contribution in [3.8, 4) is 0 Å². The molecule has 2 aliphatic carbocycles. The predicted octanol–water partition coefficient (Wildman–Crippen LogP) is 3.73. The first-order valence-corrected chi connectivity index (χ1v) is 13.2. The van der Waals surface area contributed by atoms with Crippen LogP contribution in [0.5, 0.6) is 0 Å². The number of halogens is 3. The van der Waals surface area contributed by atoms with Crippen LogP contribution in [0, 0.1) is 17.8 Å². The molecule has 1 fully saturated rings. The van der Waals surface area contributed by atoms with Gasteiger partial charge < -0.3 is 10.2 Å². The maximum absolute atomic E-state index is 13.4. The smallest absolute Gasteiger partial charge is 0.381 e. The lowest BCUT2D eigenvalue weighted by atomic mass is 9.73. The highest BCUT2D eigenvalue weighted by molar-refractivity contribution is 7.87. The molecule has 10 heteroatoms. The first-order valence-electron chi connectivity index (χ1n) is 11.7. The highest BCUT2D eigenvalue weighted by Gasteiger charge is 2.46. The lowest BCUT2D eigenvalue weighted by Gasteiger charge is -2.41. The van der Waals surface area contributed by atoms with Crippen LogP contribution >= 0.6 is 0 Å². The first kappa shape index (κ1) is 25.2. The van der Waals surface area contributed by atoms with Crippen LogP contribution < -0.4 is 14.8 Å². The molecular formula is C24H33F3N4O2S. The van der Waals surface area contributed by atoms with Gasteiger partial charge in [0.15, 0.2) is 0 Å². The van der Waals surface area contributed by atoms with Crippen molar-refractivity contribution in [1.82, 2.24) is 14.3 Å². The van der Waals surface area contributed by atoms with E-state index in [0.717, 1.165) is 24.6 Å². The molecule has 3 aliphatic rings. The summed E-state index contributed by atoms with van der Waals surface area (Å²) in [6, 6.07) is 4.06. The molecule has 3 N–H and O–H groups in total. The summed E-state index contributed by atoms with van der Waals surface area (Å²) in [7, 11) is 0.104. The second kappa shape index (κ2) is 10.0. The van der Waals surface area contributed by atoms with E-state index in [1.807, 2.05) is 31.1 Å². The van der Waals surface area contributed by atoms with Gasteiger partial charge in [-0.2, -0.15) is 21.6 Å². The van der Waals surface area contributed by atoms with Crippen LogP contribution in [0.15, 0.2) is 42.5 Å². The molecule has 6 nitrogen and oxygen atoms in total. The number of nitrogens with one attached hydrogen (secondary N) is 3. The number of hydrogen-bond donors (Lipinski definition) is 3. The quantitative estimate of drug-likeness (QED) is 0.511. The molecule has 1 aliphatic heterocycles. The highest BCUT2D eigenvalue weighted by atomic mass is 32.2. The average Bonchev–Trinajstić information content (AvgIpc) is 3.21. The Balaban J connectivity index is 1.52. The van der Waals surface area contributed by atoms with Crippen molar-refractivity contribution in [2.45, 2.75) is 37.4 Å². The van der Waals surface area contributed by atoms with E-state index in [4.69, 9.17) is 0 Å². The number of hydrogen-bond acceptors (Lipinski definition) is 4. The molecular weight excluding hydrogens is 465 g/mol. The molecule has 1 unspecified atom stereocenters. The number of alkyl halides is 3. The van der Waals surface area contributed by atoms with E-state index < -0.39 is 21.9 Å². The predicted molar refractivity (Wildman–Crippen MR) is 128 cm³/mol. The number of benzene rings is 1. The molecule has 34 heavy (non-hydrogen) atoms. The molecule has 1 heterocycles. The van der Waals surface area contributed by atoms with Crippen molar-refractivity contribution in [3.63, 3.8) is 0 Å². The third-order valence-electron chi connectivity index (χ3n) is 7.16.